The Bertz CT molecular complexity index is 332. The first-order chi connectivity index (χ1) is 8.05. The molecule has 5 heteroatoms. The van der Waals surface area contributed by atoms with E-state index in [0.29, 0.717) is 11.7 Å². The summed E-state index contributed by atoms with van der Waals surface area (Å²) in [5.74, 6) is 1.41. The Balaban J connectivity index is 1.75. The number of nitrogens with one attached hydrogen (secondary N) is 2. The fourth-order valence-electron chi connectivity index (χ4n) is 2.61. The molecular weight excluding hydrogens is 236 g/mol. The maximum atomic E-state index is 12.0. The molecule has 0 aromatic heterocycles. The van der Waals surface area contributed by atoms with Crippen LogP contribution in [0.15, 0.2) is 0 Å². The van der Waals surface area contributed by atoms with Gasteiger partial charge in [-0.05, 0) is 51.1 Å². The minimum Gasteiger partial charge on any atom is -0.317 e. The summed E-state index contributed by atoms with van der Waals surface area (Å²) in [6, 6.07) is 0.106. The Hall–Kier alpha value is -0.130. The third-order valence-electron chi connectivity index (χ3n) is 3.68. The van der Waals surface area contributed by atoms with Gasteiger partial charge in [0.05, 0.1) is 5.75 Å². The fraction of sp³-hybridized carbons (Fsp3) is 1.00. The summed E-state index contributed by atoms with van der Waals surface area (Å²) in [6.45, 7) is 3.90. The minimum absolute atomic E-state index is 0.106. The summed E-state index contributed by atoms with van der Waals surface area (Å²) >= 11 is 0. The minimum atomic E-state index is -3.08. The van der Waals surface area contributed by atoms with Gasteiger partial charge in [-0.2, -0.15) is 0 Å². The molecule has 2 aliphatic rings. The van der Waals surface area contributed by atoms with Crippen LogP contribution in [-0.4, -0.2) is 33.3 Å². The highest BCUT2D eigenvalue weighted by Gasteiger charge is 2.27. The Morgan fingerprint density at radius 1 is 1.18 bits per heavy atom. The van der Waals surface area contributed by atoms with Gasteiger partial charge in [-0.1, -0.05) is 12.8 Å². The van der Waals surface area contributed by atoms with Gasteiger partial charge in [0.2, 0.25) is 10.0 Å². The zero-order valence-corrected chi connectivity index (χ0v) is 11.4. The van der Waals surface area contributed by atoms with Gasteiger partial charge in [-0.15, -0.1) is 0 Å². The molecule has 0 aromatic rings. The largest absolute Gasteiger partial charge is 0.317 e. The van der Waals surface area contributed by atoms with Crippen LogP contribution in [0.4, 0.5) is 0 Å². The number of hydrogen-bond donors (Lipinski definition) is 2. The monoisotopic (exact) mass is 260 g/mol. The molecule has 2 N–H and O–H groups in total. The van der Waals surface area contributed by atoms with Gasteiger partial charge in [0.25, 0.3) is 0 Å². The molecule has 1 saturated carbocycles. The SMILES string of the molecule is CC(CC1CC1)NS(=O)(=O)CC1CCNCC1. The average molecular weight is 260 g/mol. The highest BCUT2D eigenvalue weighted by molar-refractivity contribution is 7.89. The average Bonchev–Trinajstić information content (AvgIpc) is 3.01. The summed E-state index contributed by atoms with van der Waals surface area (Å²) < 4.78 is 26.8. The van der Waals surface area contributed by atoms with E-state index in [0.717, 1.165) is 38.3 Å². The molecule has 0 amide bonds. The predicted molar refractivity (Wildman–Crippen MR) is 69.3 cm³/mol. The molecule has 1 aliphatic heterocycles. The zero-order chi connectivity index (χ0) is 12.3. The van der Waals surface area contributed by atoms with Crippen molar-refractivity contribution in [3.05, 3.63) is 0 Å². The molecule has 1 heterocycles. The molecule has 1 saturated heterocycles. The second-order valence-corrected chi connectivity index (χ2v) is 7.47. The number of piperidine rings is 1. The van der Waals surface area contributed by atoms with Crippen LogP contribution in [0.3, 0.4) is 0 Å². The van der Waals surface area contributed by atoms with E-state index >= 15 is 0 Å². The second-order valence-electron chi connectivity index (χ2n) is 5.67. The maximum absolute atomic E-state index is 12.0. The highest BCUT2D eigenvalue weighted by Crippen LogP contribution is 2.33. The van der Waals surface area contributed by atoms with Crippen LogP contribution < -0.4 is 10.0 Å². The summed E-state index contributed by atoms with van der Waals surface area (Å²) in [5.41, 5.74) is 0. The van der Waals surface area contributed by atoms with Crippen molar-refractivity contribution < 1.29 is 8.42 Å². The lowest BCUT2D eigenvalue weighted by Gasteiger charge is -2.23. The van der Waals surface area contributed by atoms with E-state index in [2.05, 4.69) is 10.0 Å². The summed E-state index contributed by atoms with van der Waals surface area (Å²) in [4.78, 5) is 0. The summed E-state index contributed by atoms with van der Waals surface area (Å²) in [6.07, 6.45) is 5.53. The molecule has 4 nitrogen and oxygen atoms in total. The topological polar surface area (TPSA) is 58.2 Å². The van der Waals surface area contributed by atoms with Gasteiger partial charge >= 0.3 is 0 Å². The molecule has 0 radical (unpaired) electrons. The molecule has 0 spiro atoms. The normalized spacial score (nSPS) is 24.8. The van der Waals surface area contributed by atoms with Crippen molar-refractivity contribution >= 4 is 10.0 Å². The van der Waals surface area contributed by atoms with E-state index < -0.39 is 10.0 Å². The highest BCUT2D eigenvalue weighted by atomic mass is 32.2. The third-order valence-corrected chi connectivity index (χ3v) is 5.35. The molecule has 1 atom stereocenters. The van der Waals surface area contributed by atoms with Crippen molar-refractivity contribution in [1.29, 1.82) is 0 Å². The molecule has 17 heavy (non-hydrogen) atoms. The zero-order valence-electron chi connectivity index (χ0n) is 10.6. The van der Waals surface area contributed by atoms with Crippen LogP contribution in [0, 0.1) is 11.8 Å². The molecule has 1 aliphatic carbocycles. The molecule has 0 bridgehead atoms. The predicted octanol–water partition coefficient (Wildman–Crippen LogP) is 1.09. The van der Waals surface area contributed by atoms with Crippen LogP contribution in [0.1, 0.15) is 39.0 Å². The fourth-order valence-corrected chi connectivity index (χ4v) is 4.37. The van der Waals surface area contributed by atoms with Crippen molar-refractivity contribution in [3.8, 4) is 0 Å². The van der Waals surface area contributed by atoms with E-state index in [-0.39, 0.29) is 6.04 Å². The lowest BCUT2D eigenvalue weighted by atomic mass is 10.0. The van der Waals surface area contributed by atoms with Crippen LogP contribution in [0.25, 0.3) is 0 Å². The second kappa shape index (κ2) is 5.67. The van der Waals surface area contributed by atoms with E-state index in [1.54, 1.807) is 0 Å². The molecule has 1 unspecified atom stereocenters. The van der Waals surface area contributed by atoms with Gasteiger partial charge in [0.15, 0.2) is 0 Å². The van der Waals surface area contributed by atoms with Crippen molar-refractivity contribution in [2.24, 2.45) is 11.8 Å². The maximum Gasteiger partial charge on any atom is 0.212 e. The quantitative estimate of drug-likeness (QED) is 0.752. The first kappa shape index (κ1) is 13.3. The molecule has 100 valence electrons. The Morgan fingerprint density at radius 2 is 1.82 bits per heavy atom. The summed E-state index contributed by atoms with van der Waals surface area (Å²) in [5, 5.41) is 3.26. The van der Waals surface area contributed by atoms with E-state index in [9.17, 15) is 8.42 Å². The molecule has 2 rings (SSSR count). The number of rotatable bonds is 6. The van der Waals surface area contributed by atoms with Crippen molar-refractivity contribution in [2.45, 2.75) is 45.1 Å². The molecular formula is C12H24N2O2S. The Morgan fingerprint density at radius 3 is 2.41 bits per heavy atom. The third kappa shape index (κ3) is 4.94. The van der Waals surface area contributed by atoms with Gasteiger partial charge in [0.1, 0.15) is 0 Å². The van der Waals surface area contributed by atoms with Crippen LogP contribution >= 0.6 is 0 Å². The van der Waals surface area contributed by atoms with Crippen molar-refractivity contribution in [3.63, 3.8) is 0 Å². The smallest absolute Gasteiger partial charge is 0.212 e. The summed E-state index contributed by atoms with van der Waals surface area (Å²) in [7, 11) is -3.08. The number of hydrogen-bond acceptors (Lipinski definition) is 3. The van der Waals surface area contributed by atoms with Gasteiger partial charge < -0.3 is 5.32 Å². The Kier molecular flexibility index (Phi) is 4.44. The van der Waals surface area contributed by atoms with E-state index in [4.69, 9.17) is 0 Å². The van der Waals surface area contributed by atoms with Crippen LogP contribution in [0.5, 0.6) is 0 Å². The van der Waals surface area contributed by atoms with Crippen LogP contribution in [-0.2, 0) is 10.0 Å². The lowest BCUT2D eigenvalue weighted by Crippen LogP contribution is -2.39. The first-order valence-electron chi connectivity index (χ1n) is 6.76. The van der Waals surface area contributed by atoms with Gasteiger partial charge in [-0.25, -0.2) is 13.1 Å². The van der Waals surface area contributed by atoms with E-state index in [1.165, 1.54) is 12.8 Å². The van der Waals surface area contributed by atoms with E-state index in [1.807, 2.05) is 6.92 Å². The Labute approximate surface area is 105 Å². The van der Waals surface area contributed by atoms with Crippen LogP contribution in [0.2, 0.25) is 0 Å². The lowest BCUT2D eigenvalue weighted by molar-refractivity contribution is 0.398. The molecule has 0 aromatic carbocycles. The first-order valence-corrected chi connectivity index (χ1v) is 8.41. The van der Waals surface area contributed by atoms with Crippen molar-refractivity contribution in [1.82, 2.24) is 10.0 Å². The standard InChI is InChI=1S/C12H24N2O2S/c1-10(8-11-2-3-11)14-17(15,16)9-12-4-6-13-7-5-12/h10-14H,2-9H2,1H3. The molecule has 2 fully saturated rings. The van der Waals surface area contributed by atoms with Gasteiger partial charge in [-0.3, -0.25) is 0 Å². The van der Waals surface area contributed by atoms with Crippen molar-refractivity contribution in [2.75, 3.05) is 18.8 Å². The number of sulfonamides is 1. The van der Waals surface area contributed by atoms with Gasteiger partial charge in [0, 0.05) is 6.04 Å².